The van der Waals surface area contributed by atoms with Gasteiger partial charge in [0.05, 0.1) is 5.56 Å². The van der Waals surface area contributed by atoms with E-state index in [-0.39, 0.29) is 0 Å². The molecular weight excluding hydrogens is 331 g/mol. The summed E-state index contributed by atoms with van der Waals surface area (Å²) in [6.07, 6.45) is -5.14. The van der Waals surface area contributed by atoms with E-state index in [4.69, 9.17) is 0 Å². The van der Waals surface area contributed by atoms with E-state index in [0.29, 0.717) is 18.2 Å². The highest BCUT2D eigenvalue weighted by molar-refractivity contribution is 7.86. The van der Waals surface area contributed by atoms with Crippen molar-refractivity contribution in [2.45, 2.75) is 11.1 Å². The second kappa shape index (κ2) is 6.19. The Kier molecular flexibility index (Phi) is 5.27. The van der Waals surface area contributed by atoms with Crippen LogP contribution in [0.25, 0.3) is 0 Å². The molecule has 0 spiro atoms. The molecule has 0 aromatic heterocycles. The SMILES string of the molecule is CO[PH](=O)OOS(=O)(=O)c1c(F)cccc1C(F)(F)F. The quantitative estimate of drug-likeness (QED) is 0.355. The molecule has 0 amide bonds. The molecule has 1 unspecified atom stereocenters. The van der Waals surface area contributed by atoms with Crippen LogP contribution in [0.3, 0.4) is 0 Å². The monoisotopic (exact) mass is 338 g/mol. The van der Waals surface area contributed by atoms with Crippen LogP contribution in [-0.2, 0) is 34.4 Å². The van der Waals surface area contributed by atoms with Gasteiger partial charge in [-0.3, -0.25) is 4.57 Å². The Morgan fingerprint density at radius 3 is 2.35 bits per heavy atom. The van der Waals surface area contributed by atoms with Crippen LogP contribution in [0.2, 0.25) is 0 Å². The van der Waals surface area contributed by atoms with Gasteiger partial charge in [0, 0.05) is 7.11 Å². The number of hydrogen-bond acceptors (Lipinski definition) is 6. The lowest BCUT2D eigenvalue weighted by Gasteiger charge is -2.12. The van der Waals surface area contributed by atoms with Crippen LogP contribution in [0.15, 0.2) is 23.1 Å². The molecule has 20 heavy (non-hydrogen) atoms. The molecule has 0 fully saturated rings. The minimum absolute atomic E-state index is 0.346. The van der Waals surface area contributed by atoms with E-state index < -0.39 is 40.8 Å². The molecule has 0 aliphatic heterocycles. The summed E-state index contributed by atoms with van der Waals surface area (Å²) in [6, 6.07) is 1.51. The summed E-state index contributed by atoms with van der Waals surface area (Å²) >= 11 is 0. The topological polar surface area (TPSA) is 78.9 Å². The molecule has 1 aromatic carbocycles. The predicted molar refractivity (Wildman–Crippen MR) is 56.8 cm³/mol. The Morgan fingerprint density at radius 2 is 1.85 bits per heavy atom. The zero-order valence-corrected chi connectivity index (χ0v) is 11.4. The fourth-order valence-corrected chi connectivity index (χ4v) is 2.60. The van der Waals surface area contributed by atoms with Crippen LogP contribution in [-0.4, -0.2) is 15.5 Å². The third-order valence-electron chi connectivity index (χ3n) is 1.88. The largest absolute Gasteiger partial charge is 0.417 e. The summed E-state index contributed by atoms with van der Waals surface area (Å²) < 4.78 is 96.2. The smallest absolute Gasteiger partial charge is 0.312 e. The van der Waals surface area contributed by atoms with Gasteiger partial charge in [0.1, 0.15) is 10.7 Å². The fraction of sp³-hybridized carbons (Fsp3) is 0.250. The number of rotatable bonds is 5. The third-order valence-corrected chi connectivity index (χ3v) is 3.72. The first kappa shape index (κ1) is 17.1. The number of hydrogen-bond donors (Lipinski definition) is 0. The minimum Gasteiger partial charge on any atom is -0.312 e. The summed E-state index contributed by atoms with van der Waals surface area (Å²) in [7, 11) is -7.79. The maximum absolute atomic E-state index is 13.4. The van der Waals surface area contributed by atoms with Crippen LogP contribution in [0.1, 0.15) is 5.56 Å². The summed E-state index contributed by atoms with van der Waals surface area (Å²) in [5, 5.41) is 0. The Balaban J connectivity index is 3.28. The lowest BCUT2D eigenvalue weighted by atomic mass is 10.2. The fourth-order valence-electron chi connectivity index (χ4n) is 1.13. The summed E-state index contributed by atoms with van der Waals surface area (Å²) in [5.41, 5.74) is -1.78. The van der Waals surface area contributed by atoms with E-state index in [1.54, 1.807) is 0 Å². The van der Waals surface area contributed by atoms with Gasteiger partial charge in [-0.1, -0.05) is 10.4 Å². The Bertz CT molecular complexity index is 614. The minimum atomic E-state index is -5.28. The summed E-state index contributed by atoms with van der Waals surface area (Å²) in [5.74, 6) is -1.69. The van der Waals surface area contributed by atoms with E-state index in [2.05, 4.69) is 13.5 Å². The number of benzene rings is 1. The van der Waals surface area contributed by atoms with Crippen molar-refractivity contribution in [3.8, 4) is 0 Å². The van der Waals surface area contributed by atoms with Crippen LogP contribution < -0.4 is 0 Å². The van der Waals surface area contributed by atoms with Crippen molar-refractivity contribution in [3.63, 3.8) is 0 Å². The normalized spacial score (nSPS) is 14.2. The molecular formula is C8H7F4O6PS. The van der Waals surface area contributed by atoms with E-state index in [1.165, 1.54) is 0 Å². The molecule has 1 atom stereocenters. The number of halogens is 4. The standard InChI is InChI=1S/C8H7F4O6PS/c1-16-19(13)17-18-20(14,15)7-5(8(10,11)12)3-2-4-6(7)9/h2-4,19H,1H3. The first-order chi connectivity index (χ1) is 9.09. The molecule has 0 radical (unpaired) electrons. The van der Waals surface area contributed by atoms with Gasteiger partial charge in [-0.25, -0.2) is 4.39 Å². The van der Waals surface area contributed by atoms with Crippen molar-refractivity contribution >= 4 is 18.4 Å². The number of alkyl halides is 3. The van der Waals surface area contributed by atoms with Gasteiger partial charge in [-0.05, 0) is 12.1 Å². The van der Waals surface area contributed by atoms with Gasteiger partial charge in [-0.15, -0.1) is 4.67 Å². The van der Waals surface area contributed by atoms with Crippen molar-refractivity contribution in [2.24, 2.45) is 0 Å². The predicted octanol–water partition coefficient (Wildman–Crippen LogP) is 2.52. The van der Waals surface area contributed by atoms with E-state index >= 15 is 0 Å². The summed E-state index contributed by atoms with van der Waals surface area (Å²) in [4.78, 5) is -1.77. The molecule has 0 saturated heterocycles. The maximum atomic E-state index is 13.4. The van der Waals surface area contributed by atoms with Crippen molar-refractivity contribution in [1.82, 2.24) is 0 Å². The highest BCUT2D eigenvalue weighted by atomic mass is 32.2. The molecule has 114 valence electrons. The Labute approximate surface area is 111 Å². The first-order valence-corrected chi connectivity index (χ1v) is 7.27. The molecule has 0 N–H and O–H groups in total. The summed E-state index contributed by atoms with van der Waals surface area (Å²) in [6.45, 7) is 0. The van der Waals surface area contributed by atoms with Crippen molar-refractivity contribution in [1.29, 1.82) is 0 Å². The van der Waals surface area contributed by atoms with Gasteiger partial charge in [-0.2, -0.15) is 21.6 Å². The highest BCUT2D eigenvalue weighted by Gasteiger charge is 2.40. The zero-order valence-electron chi connectivity index (χ0n) is 9.60. The van der Waals surface area contributed by atoms with E-state index in [9.17, 15) is 30.5 Å². The van der Waals surface area contributed by atoms with Crippen LogP contribution in [0.5, 0.6) is 0 Å². The molecule has 1 rings (SSSR count). The van der Waals surface area contributed by atoms with Crippen molar-refractivity contribution < 1.29 is 44.1 Å². The van der Waals surface area contributed by atoms with E-state index in [1.807, 2.05) is 0 Å². The van der Waals surface area contributed by atoms with Gasteiger partial charge < -0.3 is 4.52 Å². The molecule has 0 heterocycles. The third kappa shape index (κ3) is 4.00. The van der Waals surface area contributed by atoms with Crippen LogP contribution in [0.4, 0.5) is 17.6 Å². The molecule has 0 saturated carbocycles. The zero-order chi connectivity index (χ0) is 15.6. The average molecular weight is 338 g/mol. The van der Waals surface area contributed by atoms with Gasteiger partial charge >= 0.3 is 24.5 Å². The van der Waals surface area contributed by atoms with Gasteiger partial charge in [0.15, 0.2) is 0 Å². The molecule has 0 aliphatic carbocycles. The van der Waals surface area contributed by atoms with Crippen molar-refractivity contribution in [3.05, 3.63) is 29.6 Å². The average Bonchev–Trinajstić information content (AvgIpc) is 2.34. The maximum Gasteiger partial charge on any atom is 0.417 e. The highest BCUT2D eigenvalue weighted by Crippen LogP contribution is 2.37. The van der Waals surface area contributed by atoms with Crippen LogP contribution >= 0.6 is 8.25 Å². The van der Waals surface area contributed by atoms with Crippen LogP contribution in [0, 0.1) is 5.82 Å². The van der Waals surface area contributed by atoms with E-state index in [0.717, 1.165) is 7.11 Å². The lowest BCUT2D eigenvalue weighted by molar-refractivity contribution is -0.141. The van der Waals surface area contributed by atoms with Crippen molar-refractivity contribution in [2.75, 3.05) is 7.11 Å². The Morgan fingerprint density at radius 1 is 1.25 bits per heavy atom. The first-order valence-electron chi connectivity index (χ1n) is 4.64. The van der Waals surface area contributed by atoms with Gasteiger partial charge in [0.25, 0.3) is 0 Å². The molecule has 0 aliphatic rings. The van der Waals surface area contributed by atoms with Gasteiger partial charge in [0.2, 0.25) is 0 Å². The Hall–Kier alpha value is -1.00. The molecule has 1 aromatic rings. The molecule has 12 heteroatoms. The molecule has 0 bridgehead atoms. The second-order valence-electron chi connectivity index (χ2n) is 3.17. The lowest BCUT2D eigenvalue weighted by Crippen LogP contribution is -2.16. The molecule has 6 nitrogen and oxygen atoms in total. The second-order valence-corrected chi connectivity index (χ2v) is 5.70.